The van der Waals surface area contributed by atoms with E-state index < -0.39 is 6.61 Å². The van der Waals surface area contributed by atoms with E-state index in [0.717, 1.165) is 16.5 Å². The summed E-state index contributed by atoms with van der Waals surface area (Å²) in [4.78, 5) is 12.8. The predicted molar refractivity (Wildman–Crippen MR) is 94.4 cm³/mol. The molecule has 0 unspecified atom stereocenters. The minimum Gasteiger partial charge on any atom is -0.434 e. The Hall–Kier alpha value is -3.02. The first-order valence-corrected chi connectivity index (χ1v) is 8.27. The molecule has 1 aliphatic carbocycles. The summed E-state index contributed by atoms with van der Waals surface area (Å²) in [7, 11) is 1.81. The summed E-state index contributed by atoms with van der Waals surface area (Å²) in [5.41, 5.74) is 2.54. The highest BCUT2D eigenvalue weighted by atomic mass is 19.3. The number of ether oxygens (including phenoxy) is 1. The van der Waals surface area contributed by atoms with Crippen LogP contribution in [-0.2, 0) is 13.5 Å². The van der Waals surface area contributed by atoms with Crippen molar-refractivity contribution in [1.29, 1.82) is 0 Å². The monoisotopic (exact) mass is 354 g/mol. The minimum atomic E-state index is -2.93. The molecule has 0 amide bonds. The van der Waals surface area contributed by atoms with Crippen molar-refractivity contribution in [3.63, 3.8) is 0 Å². The van der Waals surface area contributed by atoms with Crippen molar-refractivity contribution in [2.75, 3.05) is 0 Å². The van der Waals surface area contributed by atoms with Gasteiger partial charge in [0.2, 0.25) is 0 Å². The average molecular weight is 354 g/mol. The smallest absolute Gasteiger partial charge is 0.387 e. The van der Waals surface area contributed by atoms with E-state index in [1.807, 2.05) is 24.3 Å². The number of hydrogen-bond acceptors (Lipinski definition) is 3. The van der Waals surface area contributed by atoms with Crippen LogP contribution in [0.4, 0.5) is 8.78 Å². The van der Waals surface area contributed by atoms with Gasteiger partial charge in [0.15, 0.2) is 5.78 Å². The number of allylic oxidation sites excluding steroid dienone is 1. The molecule has 132 valence electrons. The average Bonchev–Trinajstić information content (AvgIpc) is 3.00. The Kier molecular flexibility index (Phi) is 4.03. The lowest BCUT2D eigenvalue weighted by Crippen LogP contribution is -2.15. The second-order valence-electron chi connectivity index (χ2n) is 6.20. The zero-order valence-electron chi connectivity index (χ0n) is 14.1. The molecule has 0 aliphatic heterocycles. The van der Waals surface area contributed by atoms with Gasteiger partial charge in [0.25, 0.3) is 0 Å². The van der Waals surface area contributed by atoms with Crippen molar-refractivity contribution in [2.45, 2.75) is 19.5 Å². The lowest BCUT2D eigenvalue weighted by atomic mass is 9.89. The highest BCUT2D eigenvalue weighted by Gasteiger charge is 2.25. The van der Waals surface area contributed by atoms with Crippen molar-refractivity contribution in [1.82, 2.24) is 9.78 Å². The summed E-state index contributed by atoms with van der Waals surface area (Å²) >= 11 is 0. The van der Waals surface area contributed by atoms with E-state index in [4.69, 9.17) is 4.74 Å². The maximum Gasteiger partial charge on any atom is 0.387 e. The van der Waals surface area contributed by atoms with Gasteiger partial charge in [-0.05, 0) is 35.8 Å². The third-order valence-electron chi connectivity index (χ3n) is 4.69. The van der Waals surface area contributed by atoms with E-state index in [9.17, 15) is 13.6 Å². The van der Waals surface area contributed by atoms with E-state index in [1.165, 1.54) is 6.07 Å². The van der Waals surface area contributed by atoms with Crippen molar-refractivity contribution in [3.05, 3.63) is 65.0 Å². The van der Waals surface area contributed by atoms with E-state index in [1.54, 1.807) is 30.1 Å². The van der Waals surface area contributed by atoms with Crippen LogP contribution >= 0.6 is 0 Å². The fourth-order valence-corrected chi connectivity index (χ4v) is 3.42. The molecule has 4 nitrogen and oxygen atoms in total. The summed E-state index contributed by atoms with van der Waals surface area (Å²) in [5, 5.41) is 5.80. The normalized spacial score (nSPS) is 15.7. The van der Waals surface area contributed by atoms with Crippen LogP contribution in [0, 0.1) is 0 Å². The van der Waals surface area contributed by atoms with Crippen molar-refractivity contribution < 1.29 is 18.3 Å². The Labute approximate surface area is 148 Å². The Bertz CT molecular complexity index is 1040. The molecule has 0 radical (unpaired) electrons. The van der Waals surface area contributed by atoms with E-state index in [-0.39, 0.29) is 11.5 Å². The summed E-state index contributed by atoms with van der Waals surface area (Å²) < 4.78 is 32.1. The zero-order valence-corrected chi connectivity index (χ0v) is 14.1. The second kappa shape index (κ2) is 6.37. The lowest BCUT2D eigenvalue weighted by Gasteiger charge is -2.16. The molecule has 0 bridgehead atoms. The van der Waals surface area contributed by atoms with Crippen LogP contribution in [0.15, 0.2) is 48.2 Å². The predicted octanol–water partition coefficient (Wildman–Crippen LogP) is 4.39. The van der Waals surface area contributed by atoms with Crippen molar-refractivity contribution in [2.24, 2.45) is 7.05 Å². The maximum absolute atomic E-state index is 12.8. The standard InChI is InChI=1S/C20H16F2N2O2/c1-24-17-8-6-13(19(25)16(17)11-23-24)10-15-14-5-3-2-4-12(14)7-9-18(15)26-20(21)22/h2-5,7,9-11,20H,6,8H2,1H3/b13-10+. The Morgan fingerprint density at radius 3 is 2.81 bits per heavy atom. The molecular formula is C20H16F2N2O2. The van der Waals surface area contributed by atoms with Gasteiger partial charge in [0.05, 0.1) is 11.8 Å². The Morgan fingerprint density at radius 2 is 2.00 bits per heavy atom. The molecule has 0 fully saturated rings. The van der Waals surface area contributed by atoms with Gasteiger partial charge in [-0.2, -0.15) is 13.9 Å². The summed E-state index contributed by atoms with van der Waals surface area (Å²) in [6.07, 6.45) is 4.45. The first-order valence-electron chi connectivity index (χ1n) is 8.27. The van der Waals surface area contributed by atoms with Gasteiger partial charge in [-0.15, -0.1) is 0 Å². The number of alkyl halides is 2. The van der Waals surface area contributed by atoms with Crippen LogP contribution < -0.4 is 4.74 Å². The van der Waals surface area contributed by atoms with E-state index >= 15 is 0 Å². The minimum absolute atomic E-state index is 0.0657. The van der Waals surface area contributed by atoms with Crippen LogP contribution in [0.25, 0.3) is 16.8 Å². The van der Waals surface area contributed by atoms with Gasteiger partial charge in [0, 0.05) is 23.9 Å². The highest BCUT2D eigenvalue weighted by molar-refractivity contribution is 6.14. The zero-order chi connectivity index (χ0) is 18.3. The molecule has 0 spiro atoms. The molecule has 1 heterocycles. The molecule has 0 saturated carbocycles. The number of aromatic nitrogens is 2. The molecule has 4 rings (SSSR count). The van der Waals surface area contributed by atoms with Crippen LogP contribution in [-0.4, -0.2) is 22.2 Å². The van der Waals surface area contributed by atoms with E-state index in [2.05, 4.69) is 5.10 Å². The maximum atomic E-state index is 12.8. The van der Waals surface area contributed by atoms with Gasteiger partial charge in [-0.25, -0.2) is 0 Å². The van der Waals surface area contributed by atoms with Crippen LogP contribution in [0.1, 0.15) is 28.0 Å². The van der Waals surface area contributed by atoms with Gasteiger partial charge in [-0.1, -0.05) is 30.3 Å². The number of Topliss-reactive ketones (excluding diaryl/α,β-unsaturated/α-hetero) is 1. The molecule has 0 N–H and O–H groups in total. The molecule has 3 aromatic rings. The summed E-state index contributed by atoms with van der Waals surface area (Å²) in [6.45, 7) is -2.93. The molecule has 0 atom stereocenters. The second-order valence-corrected chi connectivity index (χ2v) is 6.20. The quantitative estimate of drug-likeness (QED) is 0.656. The highest BCUT2D eigenvalue weighted by Crippen LogP contribution is 2.34. The van der Waals surface area contributed by atoms with Crippen molar-refractivity contribution in [3.8, 4) is 5.75 Å². The number of rotatable bonds is 3. The largest absolute Gasteiger partial charge is 0.434 e. The lowest BCUT2D eigenvalue weighted by molar-refractivity contribution is -0.0498. The van der Waals surface area contributed by atoms with Gasteiger partial charge < -0.3 is 4.74 Å². The fourth-order valence-electron chi connectivity index (χ4n) is 3.42. The molecule has 1 aromatic heterocycles. The van der Waals surface area contributed by atoms with E-state index in [0.29, 0.717) is 29.5 Å². The first-order chi connectivity index (χ1) is 12.5. The number of benzene rings is 2. The summed E-state index contributed by atoms with van der Waals surface area (Å²) in [6, 6.07) is 10.7. The molecule has 6 heteroatoms. The van der Waals surface area contributed by atoms with Crippen LogP contribution in [0.5, 0.6) is 5.75 Å². The number of hydrogen-bond donors (Lipinski definition) is 0. The number of carbonyl (C=O) groups is 1. The SMILES string of the molecule is Cn1ncc2c1CC/C(=C\c1c(OC(F)F)ccc3ccccc13)C2=O. The first kappa shape index (κ1) is 16.4. The Morgan fingerprint density at radius 1 is 1.19 bits per heavy atom. The summed E-state index contributed by atoms with van der Waals surface area (Å²) in [5.74, 6) is -0.0498. The van der Waals surface area contributed by atoms with Gasteiger partial charge in [0.1, 0.15) is 5.75 Å². The van der Waals surface area contributed by atoms with Crippen molar-refractivity contribution >= 4 is 22.6 Å². The molecule has 0 saturated heterocycles. The molecular weight excluding hydrogens is 338 g/mol. The Balaban J connectivity index is 1.86. The number of ketones is 1. The molecule has 26 heavy (non-hydrogen) atoms. The number of aryl methyl sites for hydroxylation is 1. The molecule has 1 aliphatic rings. The topological polar surface area (TPSA) is 44.1 Å². The number of fused-ring (bicyclic) bond motifs is 2. The number of halogens is 2. The third-order valence-corrected chi connectivity index (χ3v) is 4.69. The number of carbonyl (C=O) groups excluding carboxylic acids is 1. The third kappa shape index (κ3) is 2.77. The van der Waals surface area contributed by atoms with Crippen LogP contribution in [0.3, 0.4) is 0 Å². The van der Waals surface area contributed by atoms with Gasteiger partial charge >= 0.3 is 6.61 Å². The van der Waals surface area contributed by atoms with Gasteiger partial charge in [-0.3, -0.25) is 9.48 Å². The van der Waals surface area contributed by atoms with Crippen LogP contribution in [0.2, 0.25) is 0 Å². The fraction of sp³-hybridized carbons (Fsp3) is 0.200. The number of nitrogens with zero attached hydrogens (tertiary/aromatic N) is 2. The molecule has 2 aromatic carbocycles.